The minimum absolute atomic E-state index is 0.0858. The minimum atomic E-state index is 0.0858. The molecule has 4 nitrogen and oxygen atoms in total. The lowest BCUT2D eigenvalue weighted by atomic mass is 10.1. The molecular formula is C16H26N2O2. The van der Waals surface area contributed by atoms with Crippen LogP contribution < -0.4 is 10.1 Å². The number of benzene rings is 1. The lowest BCUT2D eigenvalue weighted by molar-refractivity contribution is -0.129. The molecule has 1 atom stereocenters. The summed E-state index contributed by atoms with van der Waals surface area (Å²) in [5.74, 6) is 0.907. The molecule has 112 valence electrons. The van der Waals surface area contributed by atoms with Crippen molar-refractivity contribution in [1.82, 2.24) is 10.2 Å². The molecule has 0 fully saturated rings. The van der Waals surface area contributed by atoms with Crippen molar-refractivity contribution in [3.63, 3.8) is 0 Å². The monoisotopic (exact) mass is 278 g/mol. The van der Waals surface area contributed by atoms with E-state index in [0.29, 0.717) is 19.1 Å². The molecule has 0 radical (unpaired) electrons. The van der Waals surface area contributed by atoms with Crippen LogP contribution in [-0.2, 0) is 11.2 Å². The van der Waals surface area contributed by atoms with Gasteiger partial charge in [-0.15, -0.1) is 0 Å². The van der Waals surface area contributed by atoms with Crippen LogP contribution in [0.4, 0.5) is 0 Å². The molecule has 0 saturated heterocycles. The van der Waals surface area contributed by atoms with Crippen molar-refractivity contribution in [3.8, 4) is 5.75 Å². The van der Waals surface area contributed by atoms with Crippen molar-refractivity contribution in [2.24, 2.45) is 0 Å². The van der Waals surface area contributed by atoms with E-state index in [1.54, 1.807) is 19.0 Å². The van der Waals surface area contributed by atoms with Crippen LogP contribution in [0.2, 0.25) is 0 Å². The van der Waals surface area contributed by atoms with Crippen LogP contribution in [0, 0.1) is 0 Å². The SMILES string of the molecule is CNC(C)CCc1ccc(OCCC(=O)N(C)C)cc1. The highest BCUT2D eigenvalue weighted by Crippen LogP contribution is 2.14. The van der Waals surface area contributed by atoms with E-state index in [-0.39, 0.29) is 5.91 Å². The van der Waals surface area contributed by atoms with E-state index >= 15 is 0 Å². The smallest absolute Gasteiger partial charge is 0.225 e. The molecule has 1 rings (SSSR count). The van der Waals surface area contributed by atoms with Crippen LogP contribution >= 0.6 is 0 Å². The highest BCUT2D eigenvalue weighted by atomic mass is 16.5. The summed E-state index contributed by atoms with van der Waals surface area (Å²) in [6.45, 7) is 2.60. The molecule has 1 N–H and O–H groups in total. The fourth-order valence-electron chi connectivity index (χ4n) is 1.76. The zero-order valence-electron chi connectivity index (χ0n) is 13.0. The van der Waals surface area contributed by atoms with Gasteiger partial charge in [0.1, 0.15) is 5.75 Å². The second-order valence-electron chi connectivity index (χ2n) is 5.26. The maximum absolute atomic E-state index is 11.4. The third-order valence-corrected chi connectivity index (χ3v) is 3.37. The standard InChI is InChI=1S/C16H26N2O2/c1-13(17-2)5-6-14-7-9-15(10-8-14)20-12-11-16(19)18(3)4/h7-10,13,17H,5-6,11-12H2,1-4H3. The summed E-state index contributed by atoms with van der Waals surface area (Å²) >= 11 is 0. The summed E-state index contributed by atoms with van der Waals surface area (Å²) < 4.78 is 5.57. The van der Waals surface area contributed by atoms with Crippen LogP contribution in [0.5, 0.6) is 5.75 Å². The number of hydrogen-bond acceptors (Lipinski definition) is 3. The van der Waals surface area contributed by atoms with Gasteiger partial charge >= 0.3 is 0 Å². The number of nitrogens with one attached hydrogen (secondary N) is 1. The summed E-state index contributed by atoms with van der Waals surface area (Å²) in [6, 6.07) is 8.65. The second-order valence-corrected chi connectivity index (χ2v) is 5.26. The Morgan fingerprint density at radius 3 is 2.50 bits per heavy atom. The highest BCUT2D eigenvalue weighted by molar-refractivity contribution is 5.75. The molecule has 0 saturated carbocycles. The molecule has 1 amide bonds. The molecule has 1 aromatic carbocycles. The van der Waals surface area contributed by atoms with Crippen molar-refractivity contribution >= 4 is 5.91 Å². The van der Waals surface area contributed by atoms with Gasteiger partial charge in [0.15, 0.2) is 0 Å². The van der Waals surface area contributed by atoms with E-state index in [1.165, 1.54) is 5.56 Å². The molecule has 0 aliphatic carbocycles. The molecule has 1 aromatic rings. The van der Waals surface area contributed by atoms with Crippen LogP contribution in [0.1, 0.15) is 25.3 Å². The fraction of sp³-hybridized carbons (Fsp3) is 0.562. The van der Waals surface area contributed by atoms with Gasteiger partial charge in [-0.2, -0.15) is 0 Å². The van der Waals surface area contributed by atoms with Crippen LogP contribution in [0.25, 0.3) is 0 Å². The van der Waals surface area contributed by atoms with Gasteiger partial charge in [0.25, 0.3) is 0 Å². The topological polar surface area (TPSA) is 41.6 Å². The van der Waals surface area contributed by atoms with Gasteiger partial charge in [0, 0.05) is 20.1 Å². The van der Waals surface area contributed by atoms with E-state index < -0.39 is 0 Å². The Balaban J connectivity index is 2.33. The predicted octanol–water partition coefficient (Wildman–Crippen LogP) is 2.08. The molecule has 0 spiro atoms. The van der Waals surface area contributed by atoms with E-state index in [1.807, 2.05) is 19.2 Å². The maximum Gasteiger partial charge on any atom is 0.225 e. The van der Waals surface area contributed by atoms with E-state index in [4.69, 9.17) is 4.74 Å². The number of aryl methyl sites for hydroxylation is 1. The van der Waals surface area contributed by atoms with E-state index in [0.717, 1.165) is 18.6 Å². The van der Waals surface area contributed by atoms with Gasteiger partial charge in [-0.05, 0) is 44.5 Å². The Kier molecular flexibility index (Phi) is 7.09. The molecule has 0 aromatic heterocycles. The number of hydrogen-bond donors (Lipinski definition) is 1. The Bertz CT molecular complexity index is 401. The van der Waals surface area contributed by atoms with Gasteiger partial charge in [-0.25, -0.2) is 0 Å². The molecule has 0 heterocycles. The lowest BCUT2D eigenvalue weighted by Gasteiger charge is -2.12. The van der Waals surface area contributed by atoms with Crippen molar-refractivity contribution < 1.29 is 9.53 Å². The summed E-state index contributed by atoms with van der Waals surface area (Å²) in [5, 5.41) is 3.23. The van der Waals surface area contributed by atoms with Gasteiger partial charge < -0.3 is 15.0 Å². The van der Waals surface area contributed by atoms with Crippen molar-refractivity contribution in [2.45, 2.75) is 32.2 Å². The number of amides is 1. The minimum Gasteiger partial charge on any atom is -0.493 e. The van der Waals surface area contributed by atoms with Crippen molar-refractivity contribution in [3.05, 3.63) is 29.8 Å². The van der Waals surface area contributed by atoms with Gasteiger partial charge in [-0.3, -0.25) is 4.79 Å². The normalized spacial score (nSPS) is 12.0. The molecule has 0 aliphatic heterocycles. The summed E-state index contributed by atoms with van der Waals surface area (Å²) in [6.07, 6.45) is 2.59. The first-order chi connectivity index (χ1) is 9.52. The summed E-state index contributed by atoms with van der Waals surface area (Å²) in [5.41, 5.74) is 1.31. The average molecular weight is 278 g/mol. The second kappa shape index (κ2) is 8.59. The Morgan fingerprint density at radius 2 is 1.95 bits per heavy atom. The molecule has 0 bridgehead atoms. The number of rotatable bonds is 8. The van der Waals surface area contributed by atoms with Gasteiger partial charge in [-0.1, -0.05) is 12.1 Å². The van der Waals surface area contributed by atoms with E-state index in [9.17, 15) is 4.79 Å². The van der Waals surface area contributed by atoms with Crippen molar-refractivity contribution in [1.29, 1.82) is 0 Å². The number of ether oxygens (including phenoxy) is 1. The maximum atomic E-state index is 11.4. The van der Waals surface area contributed by atoms with Crippen LogP contribution in [0.3, 0.4) is 0 Å². The first-order valence-electron chi connectivity index (χ1n) is 7.12. The lowest BCUT2D eigenvalue weighted by Crippen LogP contribution is -2.23. The zero-order valence-corrected chi connectivity index (χ0v) is 13.0. The third-order valence-electron chi connectivity index (χ3n) is 3.37. The first-order valence-corrected chi connectivity index (χ1v) is 7.12. The van der Waals surface area contributed by atoms with Gasteiger partial charge in [0.05, 0.1) is 13.0 Å². The average Bonchev–Trinajstić information content (AvgIpc) is 2.45. The summed E-state index contributed by atoms with van der Waals surface area (Å²) in [7, 11) is 5.49. The van der Waals surface area contributed by atoms with Crippen LogP contribution in [0.15, 0.2) is 24.3 Å². The largest absolute Gasteiger partial charge is 0.493 e. The quantitative estimate of drug-likeness (QED) is 0.791. The Morgan fingerprint density at radius 1 is 1.30 bits per heavy atom. The zero-order chi connectivity index (χ0) is 15.0. The molecule has 20 heavy (non-hydrogen) atoms. The Labute approximate surface area is 122 Å². The number of nitrogens with zero attached hydrogens (tertiary/aromatic N) is 1. The van der Waals surface area contributed by atoms with Crippen LogP contribution in [-0.4, -0.2) is 44.6 Å². The molecule has 1 unspecified atom stereocenters. The number of carbonyl (C=O) groups excluding carboxylic acids is 1. The highest BCUT2D eigenvalue weighted by Gasteiger charge is 2.04. The van der Waals surface area contributed by atoms with E-state index in [2.05, 4.69) is 24.4 Å². The molecular weight excluding hydrogens is 252 g/mol. The first kappa shape index (κ1) is 16.5. The molecule has 0 aliphatic rings. The number of carbonyl (C=O) groups is 1. The third kappa shape index (κ3) is 6.06. The fourth-order valence-corrected chi connectivity index (χ4v) is 1.76. The predicted molar refractivity (Wildman–Crippen MR) is 82.1 cm³/mol. The van der Waals surface area contributed by atoms with Crippen molar-refractivity contribution in [2.75, 3.05) is 27.7 Å². The Hall–Kier alpha value is -1.55. The van der Waals surface area contributed by atoms with Gasteiger partial charge in [0.2, 0.25) is 5.91 Å². The summed E-state index contributed by atoms with van der Waals surface area (Å²) in [4.78, 5) is 13.0. The molecule has 4 heteroatoms.